The van der Waals surface area contributed by atoms with E-state index in [2.05, 4.69) is 4.98 Å². The zero-order chi connectivity index (χ0) is 13.4. The lowest BCUT2D eigenvalue weighted by Gasteiger charge is -2.00. The number of nitro benzene ring substituents is 1. The Labute approximate surface area is 117 Å². The van der Waals surface area contributed by atoms with Crippen LogP contribution in [0.5, 0.6) is 0 Å². The van der Waals surface area contributed by atoms with Crippen molar-refractivity contribution in [3.8, 4) is 0 Å². The number of nitrogens with zero attached hydrogens (tertiary/aromatic N) is 3. The monoisotopic (exact) mass is 293 g/mol. The van der Waals surface area contributed by atoms with Gasteiger partial charge in [-0.05, 0) is 11.6 Å². The molecule has 0 radical (unpaired) electrons. The Morgan fingerprint density at radius 3 is 3.05 bits per heavy atom. The second kappa shape index (κ2) is 4.64. The summed E-state index contributed by atoms with van der Waals surface area (Å²) in [5.41, 5.74) is 1.63. The molecule has 0 fully saturated rings. The van der Waals surface area contributed by atoms with Crippen molar-refractivity contribution in [1.29, 1.82) is 0 Å². The summed E-state index contributed by atoms with van der Waals surface area (Å²) in [4.78, 5) is 15.7. The van der Waals surface area contributed by atoms with E-state index < -0.39 is 4.92 Å². The molecule has 0 atom stereocenters. The highest BCUT2D eigenvalue weighted by Gasteiger charge is 2.13. The summed E-state index contributed by atoms with van der Waals surface area (Å²) in [6.07, 6.45) is 4.40. The van der Waals surface area contributed by atoms with E-state index in [1.165, 1.54) is 6.07 Å². The van der Waals surface area contributed by atoms with Crippen molar-refractivity contribution in [3.05, 3.63) is 62.4 Å². The second-order valence-electron chi connectivity index (χ2n) is 4.04. The number of imidazole rings is 1. The number of hydrogen-bond donors (Lipinski definition) is 0. The van der Waals surface area contributed by atoms with Gasteiger partial charge in [-0.1, -0.05) is 17.7 Å². The van der Waals surface area contributed by atoms with Crippen LogP contribution in [-0.2, 0) is 6.42 Å². The van der Waals surface area contributed by atoms with Crippen molar-refractivity contribution in [1.82, 2.24) is 9.38 Å². The van der Waals surface area contributed by atoms with Crippen LogP contribution in [-0.4, -0.2) is 14.3 Å². The Morgan fingerprint density at radius 1 is 1.47 bits per heavy atom. The molecule has 7 heteroatoms. The fourth-order valence-electron chi connectivity index (χ4n) is 1.88. The van der Waals surface area contributed by atoms with Gasteiger partial charge in [0.15, 0.2) is 4.96 Å². The Hall–Kier alpha value is -1.92. The van der Waals surface area contributed by atoms with E-state index in [-0.39, 0.29) is 10.7 Å². The Bertz CT molecular complexity index is 737. The van der Waals surface area contributed by atoms with E-state index in [4.69, 9.17) is 11.6 Å². The summed E-state index contributed by atoms with van der Waals surface area (Å²) in [7, 11) is 0. The van der Waals surface area contributed by atoms with Gasteiger partial charge in [-0.25, -0.2) is 4.98 Å². The molecule has 0 saturated heterocycles. The first kappa shape index (κ1) is 12.1. The van der Waals surface area contributed by atoms with E-state index in [1.54, 1.807) is 23.5 Å². The van der Waals surface area contributed by atoms with Crippen LogP contribution in [0, 0.1) is 10.1 Å². The molecule has 0 amide bonds. The predicted molar refractivity (Wildman–Crippen MR) is 74.0 cm³/mol. The molecule has 1 aromatic carbocycles. The molecule has 2 heterocycles. The average Bonchev–Trinajstić information content (AvgIpc) is 2.91. The van der Waals surface area contributed by atoms with E-state index >= 15 is 0 Å². The quantitative estimate of drug-likeness (QED) is 0.548. The Morgan fingerprint density at radius 2 is 2.32 bits per heavy atom. The van der Waals surface area contributed by atoms with Crippen molar-refractivity contribution < 1.29 is 4.92 Å². The minimum Gasteiger partial charge on any atom is -0.297 e. The lowest BCUT2D eigenvalue weighted by atomic mass is 10.1. The summed E-state index contributed by atoms with van der Waals surface area (Å²) < 4.78 is 1.93. The van der Waals surface area contributed by atoms with Crippen molar-refractivity contribution in [2.45, 2.75) is 6.42 Å². The number of thiazole rings is 1. The van der Waals surface area contributed by atoms with E-state index in [0.29, 0.717) is 6.42 Å². The minimum atomic E-state index is -0.475. The maximum absolute atomic E-state index is 10.8. The first-order chi connectivity index (χ1) is 9.13. The average molecular weight is 294 g/mol. The first-order valence-corrected chi connectivity index (χ1v) is 6.73. The molecule has 3 aromatic rings. The molecule has 0 saturated carbocycles. The summed E-state index contributed by atoms with van der Waals surface area (Å²) in [5.74, 6) is 0. The molecule has 2 aromatic heterocycles. The van der Waals surface area contributed by atoms with Crippen molar-refractivity contribution in [3.63, 3.8) is 0 Å². The standard InChI is InChI=1S/C12H8ClN3O2S/c13-10-2-1-8(6-11(10)16(17)18)5-9-7-15-3-4-19-12(15)14-9/h1-4,6-7H,5H2. The van der Waals surface area contributed by atoms with Gasteiger partial charge in [0, 0.05) is 30.3 Å². The first-order valence-electron chi connectivity index (χ1n) is 5.47. The van der Waals surface area contributed by atoms with Gasteiger partial charge in [-0.15, -0.1) is 11.3 Å². The molecular formula is C12H8ClN3O2S. The van der Waals surface area contributed by atoms with E-state index in [0.717, 1.165) is 16.2 Å². The van der Waals surface area contributed by atoms with Crippen LogP contribution in [0.2, 0.25) is 5.02 Å². The largest absolute Gasteiger partial charge is 0.297 e. The highest BCUT2D eigenvalue weighted by Crippen LogP contribution is 2.26. The van der Waals surface area contributed by atoms with Crippen LogP contribution in [0.25, 0.3) is 4.96 Å². The number of fused-ring (bicyclic) bond motifs is 1. The van der Waals surface area contributed by atoms with Crippen LogP contribution < -0.4 is 0 Å². The van der Waals surface area contributed by atoms with Gasteiger partial charge in [0.2, 0.25) is 0 Å². The lowest BCUT2D eigenvalue weighted by molar-refractivity contribution is -0.384. The van der Waals surface area contributed by atoms with Gasteiger partial charge in [-0.2, -0.15) is 0 Å². The van der Waals surface area contributed by atoms with Crippen molar-refractivity contribution >= 4 is 33.6 Å². The van der Waals surface area contributed by atoms with E-state index in [1.807, 2.05) is 22.2 Å². The topological polar surface area (TPSA) is 60.4 Å². The van der Waals surface area contributed by atoms with Crippen molar-refractivity contribution in [2.24, 2.45) is 0 Å². The predicted octanol–water partition coefficient (Wildman–Crippen LogP) is 3.55. The van der Waals surface area contributed by atoms with Crippen LogP contribution in [0.1, 0.15) is 11.3 Å². The highest BCUT2D eigenvalue weighted by molar-refractivity contribution is 7.15. The summed E-state index contributed by atoms with van der Waals surface area (Å²) in [5, 5.41) is 12.9. The van der Waals surface area contributed by atoms with Gasteiger partial charge < -0.3 is 0 Å². The summed E-state index contributed by atoms with van der Waals surface area (Å²) >= 11 is 7.33. The van der Waals surface area contributed by atoms with Crippen LogP contribution >= 0.6 is 22.9 Å². The van der Waals surface area contributed by atoms with Gasteiger partial charge in [-0.3, -0.25) is 14.5 Å². The molecule has 0 unspecified atom stereocenters. The molecule has 3 rings (SSSR count). The molecule has 0 N–H and O–H groups in total. The highest BCUT2D eigenvalue weighted by atomic mass is 35.5. The SMILES string of the molecule is O=[N+]([O-])c1cc(Cc2cn3ccsc3n2)ccc1Cl. The summed E-state index contributed by atoms with van der Waals surface area (Å²) in [6.45, 7) is 0. The van der Waals surface area contributed by atoms with Gasteiger partial charge in [0.1, 0.15) is 5.02 Å². The fraction of sp³-hybridized carbons (Fsp3) is 0.0833. The number of halogens is 1. The van der Waals surface area contributed by atoms with Crippen LogP contribution in [0.3, 0.4) is 0 Å². The Balaban J connectivity index is 1.92. The van der Waals surface area contributed by atoms with Gasteiger partial charge >= 0.3 is 0 Å². The molecule has 0 bridgehead atoms. The minimum absolute atomic E-state index is 0.0693. The molecule has 0 aliphatic heterocycles. The second-order valence-corrected chi connectivity index (χ2v) is 5.32. The maximum Gasteiger partial charge on any atom is 0.288 e. The van der Waals surface area contributed by atoms with Crippen molar-refractivity contribution in [2.75, 3.05) is 0 Å². The number of aromatic nitrogens is 2. The third-order valence-corrected chi connectivity index (χ3v) is 3.83. The maximum atomic E-state index is 10.8. The fourth-order valence-corrected chi connectivity index (χ4v) is 2.78. The smallest absolute Gasteiger partial charge is 0.288 e. The third-order valence-electron chi connectivity index (χ3n) is 2.74. The zero-order valence-electron chi connectivity index (χ0n) is 9.62. The molecule has 0 aliphatic rings. The number of rotatable bonds is 3. The summed E-state index contributed by atoms with van der Waals surface area (Å²) in [6, 6.07) is 4.83. The third kappa shape index (κ3) is 2.32. The molecule has 0 aliphatic carbocycles. The lowest BCUT2D eigenvalue weighted by Crippen LogP contribution is -1.93. The molecule has 5 nitrogen and oxygen atoms in total. The van der Waals surface area contributed by atoms with Gasteiger partial charge in [0.25, 0.3) is 5.69 Å². The van der Waals surface area contributed by atoms with Crippen LogP contribution in [0.15, 0.2) is 36.0 Å². The van der Waals surface area contributed by atoms with Crippen LogP contribution in [0.4, 0.5) is 5.69 Å². The Kier molecular flexibility index (Phi) is 2.96. The zero-order valence-corrected chi connectivity index (χ0v) is 11.2. The van der Waals surface area contributed by atoms with Gasteiger partial charge in [0.05, 0.1) is 10.6 Å². The number of benzene rings is 1. The molecule has 19 heavy (non-hydrogen) atoms. The molecule has 0 spiro atoms. The molecule has 96 valence electrons. The normalized spacial score (nSPS) is 11.0. The number of nitro groups is 1. The van der Waals surface area contributed by atoms with E-state index in [9.17, 15) is 10.1 Å². The number of hydrogen-bond acceptors (Lipinski definition) is 4. The molecular weight excluding hydrogens is 286 g/mol.